The molecule has 0 radical (unpaired) electrons. The number of nitrogens with one attached hydrogen (secondary N) is 1. The molecule has 11 heteroatoms. The number of hydrogen-bond acceptors (Lipinski definition) is 9. The fraction of sp³-hybridized carbons (Fsp3) is 0.500. The molecule has 3 aromatic heterocycles. The van der Waals surface area contributed by atoms with E-state index < -0.39 is 5.97 Å². The second kappa shape index (κ2) is 11.2. The number of nitrogens with zero attached hydrogens (tertiary/aromatic N) is 6. The molecule has 4 heterocycles. The van der Waals surface area contributed by atoms with Crippen molar-refractivity contribution in [3.05, 3.63) is 51.6 Å². The lowest BCUT2D eigenvalue weighted by molar-refractivity contribution is -0.138. The molecule has 0 amide bonds. The van der Waals surface area contributed by atoms with Crippen molar-refractivity contribution in [1.82, 2.24) is 29.3 Å². The molecule has 2 N–H and O–H groups in total. The molecule has 0 aromatic carbocycles. The Morgan fingerprint density at radius 1 is 1.10 bits per heavy atom. The molecule has 1 saturated heterocycles. The maximum absolute atomic E-state index is 13.4. The van der Waals surface area contributed by atoms with E-state index in [0.29, 0.717) is 28.4 Å². The molecule has 3 aromatic rings. The van der Waals surface area contributed by atoms with Crippen molar-refractivity contribution in [3.63, 3.8) is 0 Å². The zero-order valence-corrected chi connectivity index (χ0v) is 22.7. The van der Waals surface area contributed by atoms with Gasteiger partial charge in [0, 0.05) is 56.0 Å². The van der Waals surface area contributed by atoms with Crippen molar-refractivity contribution in [2.75, 3.05) is 38.0 Å². The van der Waals surface area contributed by atoms with Crippen LogP contribution in [0.5, 0.6) is 0 Å². The Morgan fingerprint density at radius 2 is 1.82 bits per heavy atom. The summed E-state index contributed by atoms with van der Waals surface area (Å²) < 4.78 is 1.70. The highest BCUT2D eigenvalue weighted by Gasteiger charge is 2.26. The Hall–Kier alpha value is -3.70. The van der Waals surface area contributed by atoms with Crippen molar-refractivity contribution < 1.29 is 14.7 Å². The number of piperazine rings is 1. The van der Waals surface area contributed by atoms with Crippen LogP contribution in [0.3, 0.4) is 0 Å². The van der Waals surface area contributed by atoms with Crippen LogP contribution in [0.15, 0.2) is 29.3 Å². The molecule has 11 nitrogen and oxygen atoms in total. The number of aliphatic carboxylic acids is 1. The van der Waals surface area contributed by atoms with E-state index in [-0.39, 0.29) is 35.5 Å². The Morgan fingerprint density at radius 3 is 2.44 bits per heavy atom. The van der Waals surface area contributed by atoms with Crippen molar-refractivity contribution >= 4 is 34.6 Å². The number of aryl methyl sites for hydroxylation is 1. The first-order valence-corrected chi connectivity index (χ1v) is 13.6. The van der Waals surface area contributed by atoms with Crippen LogP contribution < -0.4 is 10.9 Å². The van der Waals surface area contributed by atoms with Gasteiger partial charge in [-0.1, -0.05) is 18.9 Å². The van der Waals surface area contributed by atoms with Gasteiger partial charge in [-0.2, -0.15) is 4.98 Å². The van der Waals surface area contributed by atoms with Gasteiger partial charge in [-0.05, 0) is 50.8 Å². The molecule has 39 heavy (non-hydrogen) atoms. The van der Waals surface area contributed by atoms with E-state index >= 15 is 0 Å². The predicted octanol–water partition coefficient (Wildman–Crippen LogP) is 3.32. The summed E-state index contributed by atoms with van der Waals surface area (Å²) in [6, 6.07) is 4.07. The van der Waals surface area contributed by atoms with Crippen LogP contribution in [0, 0.1) is 6.92 Å². The Balaban J connectivity index is 1.36. The smallest absolute Gasteiger partial charge is 0.317 e. The minimum Gasteiger partial charge on any atom is -0.480 e. The van der Waals surface area contributed by atoms with Crippen molar-refractivity contribution in [1.29, 1.82) is 0 Å². The van der Waals surface area contributed by atoms with Gasteiger partial charge < -0.3 is 10.4 Å². The lowest BCUT2D eigenvalue weighted by Gasteiger charge is -2.37. The number of hydrogen-bond donors (Lipinski definition) is 2. The number of fused-ring (bicyclic) bond motifs is 1. The van der Waals surface area contributed by atoms with Crippen LogP contribution in [-0.2, 0) is 4.79 Å². The van der Waals surface area contributed by atoms with Gasteiger partial charge in [-0.3, -0.25) is 28.8 Å². The number of carbonyl (C=O) groups is 2. The topological polar surface area (TPSA) is 134 Å². The first-order chi connectivity index (χ1) is 18.7. The van der Waals surface area contributed by atoms with Crippen LogP contribution in [0.1, 0.15) is 73.1 Å². The molecule has 0 spiro atoms. The van der Waals surface area contributed by atoms with Crippen molar-refractivity contribution in [2.45, 2.75) is 58.5 Å². The van der Waals surface area contributed by atoms with Crippen LogP contribution in [0.4, 0.5) is 11.8 Å². The summed E-state index contributed by atoms with van der Waals surface area (Å²) in [6.07, 6.45) is 7.37. The van der Waals surface area contributed by atoms with E-state index in [0.717, 1.165) is 57.4 Å². The monoisotopic (exact) mass is 533 g/mol. The fourth-order valence-electron chi connectivity index (χ4n) is 5.86. The van der Waals surface area contributed by atoms with Gasteiger partial charge in [0.1, 0.15) is 11.5 Å². The Bertz CT molecular complexity index is 1440. The maximum Gasteiger partial charge on any atom is 0.317 e. The van der Waals surface area contributed by atoms with E-state index in [2.05, 4.69) is 27.1 Å². The Kier molecular flexibility index (Phi) is 7.72. The van der Waals surface area contributed by atoms with E-state index in [9.17, 15) is 14.4 Å². The summed E-state index contributed by atoms with van der Waals surface area (Å²) in [5.74, 6) is -0.110. The molecular formula is C28H35N7O4. The molecule has 0 bridgehead atoms. The van der Waals surface area contributed by atoms with Gasteiger partial charge in [-0.25, -0.2) is 9.97 Å². The number of carbonyl (C=O) groups excluding carboxylic acids is 1. The van der Waals surface area contributed by atoms with Gasteiger partial charge in [0.05, 0.1) is 12.1 Å². The molecule has 1 atom stereocenters. The van der Waals surface area contributed by atoms with Crippen LogP contribution in [0.2, 0.25) is 0 Å². The second-order valence-corrected chi connectivity index (χ2v) is 10.6. The maximum atomic E-state index is 13.4. The lowest BCUT2D eigenvalue weighted by Crippen LogP contribution is -2.48. The fourth-order valence-corrected chi connectivity index (χ4v) is 5.86. The zero-order chi connectivity index (χ0) is 27.7. The third-order valence-electron chi connectivity index (χ3n) is 8.07. The van der Waals surface area contributed by atoms with Crippen molar-refractivity contribution in [2.24, 2.45) is 0 Å². The van der Waals surface area contributed by atoms with Gasteiger partial charge in [-0.15, -0.1) is 0 Å². The zero-order valence-electron chi connectivity index (χ0n) is 22.7. The normalized spacial score (nSPS) is 17.9. The number of pyridine rings is 2. The average molecular weight is 534 g/mol. The third-order valence-corrected chi connectivity index (χ3v) is 8.07. The second-order valence-electron chi connectivity index (χ2n) is 10.6. The van der Waals surface area contributed by atoms with E-state index in [1.54, 1.807) is 17.7 Å². The van der Waals surface area contributed by atoms with Gasteiger partial charge in [0.2, 0.25) is 5.95 Å². The highest BCUT2D eigenvalue weighted by Crippen LogP contribution is 2.32. The molecule has 1 saturated carbocycles. The number of ketones is 1. The van der Waals surface area contributed by atoms with Gasteiger partial charge in [0.15, 0.2) is 5.78 Å². The SMILES string of the molecule is CC(=O)c1c(C)c2cnc(Nc3ccc(C(C)N4CCN(CC(=O)O)CC4)cn3)nc2n(C2CCCC2)c1=O. The van der Waals surface area contributed by atoms with Crippen LogP contribution in [-0.4, -0.2) is 78.9 Å². The number of anilines is 2. The molecule has 206 valence electrons. The molecule has 2 fully saturated rings. The summed E-state index contributed by atoms with van der Waals surface area (Å²) in [7, 11) is 0. The van der Waals surface area contributed by atoms with Crippen LogP contribution in [0.25, 0.3) is 11.0 Å². The summed E-state index contributed by atoms with van der Waals surface area (Å²) in [5, 5.41) is 12.9. The minimum atomic E-state index is -0.794. The lowest BCUT2D eigenvalue weighted by atomic mass is 10.0. The largest absolute Gasteiger partial charge is 0.480 e. The predicted molar refractivity (Wildman–Crippen MR) is 148 cm³/mol. The van der Waals surface area contributed by atoms with Crippen LogP contribution >= 0.6 is 0 Å². The molecule has 1 unspecified atom stereocenters. The number of Topliss-reactive ketones (excluding diaryl/α,β-unsaturated/α-hetero) is 1. The summed E-state index contributed by atoms with van der Waals surface area (Å²) in [6.45, 7) is 8.47. The van der Waals surface area contributed by atoms with E-state index in [4.69, 9.17) is 10.1 Å². The summed E-state index contributed by atoms with van der Waals surface area (Å²) in [4.78, 5) is 54.8. The quantitative estimate of drug-likeness (QED) is 0.415. The molecular weight excluding hydrogens is 498 g/mol. The molecule has 1 aliphatic carbocycles. The number of carboxylic acid groups (broad SMARTS) is 1. The molecule has 5 rings (SSSR count). The third kappa shape index (κ3) is 5.55. The standard InChI is InChI=1S/C28H35N7O4/c1-17-22-15-30-28(32-26(22)35(21-6-4-5-7-21)27(39)25(17)19(3)36)31-23-9-8-20(14-29-23)18(2)34-12-10-33(11-13-34)16-24(37)38/h8-9,14-15,18,21H,4-7,10-13,16H2,1-3H3,(H,37,38)(H,29,30,31,32). The summed E-state index contributed by atoms with van der Waals surface area (Å²) >= 11 is 0. The van der Waals surface area contributed by atoms with Gasteiger partial charge >= 0.3 is 5.97 Å². The highest BCUT2D eigenvalue weighted by atomic mass is 16.4. The molecule has 1 aliphatic heterocycles. The average Bonchev–Trinajstić information content (AvgIpc) is 3.43. The molecule has 2 aliphatic rings. The van der Waals surface area contributed by atoms with E-state index in [1.807, 2.05) is 23.2 Å². The minimum absolute atomic E-state index is 0.0198. The Labute approximate surface area is 226 Å². The number of rotatable bonds is 8. The first kappa shape index (κ1) is 26.9. The highest BCUT2D eigenvalue weighted by molar-refractivity contribution is 5.99. The van der Waals surface area contributed by atoms with Gasteiger partial charge in [0.25, 0.3) is 5.56 Å². The van der Waals surface area contributed by atoms with Crippen molar-refractivity contribution in [3.8, 4) is 0 Å². The summed E-state index contributed by atoms with van der Waals surface area (Å²) in [5.41, 5.74) is 2.16. The number of aromatic nitrogens is 4. The van der Waals surface area contributed by atoms with E-state index in [1.165, 1.54) is 6.92 Å². The first-order valence-electron chi connectivity index (χ1n) is 13.6. The number of carboxylic acids is 1.